The number of aliphatic imine (C=N–C) groups is 1. The summed E-state index contributed by atoms with van der Waals surface area (Å²) in [5.41, 5.74) is 1.39. The smallest absolute Gasteiger partial charge is 0.104 e. The molecular weight excluding hydrogens is 152 g/mol. The zero-order valence-electron chi connectivity index (χ0n) is 7.45. The van der Waals surface area contributed by atoms with Gasteiger partial charge in [0.25, 0.3) is 0 Å². The monoisotopic (exact) mass is 168 g/mol. The van der Waals surface area contributed by atoms with Gasteiger partial charge in [-0.15, -0.1) is 0 Å². The fraction of sp³-hybridized carbons (Fsp3) is 0.667. The highest BCUT2D eigenvalue weighted by Gasteiger charge is 2.04. The lowest BCUT2D eigenvalue weighted by Gasteiger charge is -2.11. The van der Waals surface area contributed by atoms with Crippen LogP contribution in [0.15, 0.2) is 16.6 Å². The minimum Gasteiger partial charge on any atom is -0.379 e. The van der Waals surface area contributed by atoms with Crippen molar-refractivity contribution in [3.05, 3.63) is 11.6 Å². The Hall–Kier alpha value is -0.670. The molecule has 1 unspecified atom stereocenters. The predicted octanol–water partition coefficient (Wildman–Crippen LogP) is 0.705. The molecule has 0 aromatic heterocycles. The van der Waals surface area contributed by atoms with Gasteiger partial charge in [-0.05, 0) is 32.4 Å². The fourth-order valence-corrected chi connectivity index (χ4v) is 1.20. The van der Waals surface area contributed by atoms with E-state index in [4.69, 9.17) is 0 Å². The van der Waals surface area contributed by atoms with Crippen LogP contribution in [0.25, 0.3) is 0 Å². The Morgan fingerprint density at radius 3 is 3.17 bits per heavy atom. The Morgan fingerprint density at radius 1 is 1.75 bits per heavy atom. The molecule has 0 aromatic carbocycles. The molecule has 1 heterocycles. The molecule has 0 saturated heterocycles. The molecule has 0 saturated carbocycles. The van der Waals surface area contributed by atoms with E-state index in [0.29, 0.717) is 0 Å². The molecule has 68 valence electrons. The Kier molecular flexibility index (Phi) is 3.97. The van der Waals surface area contributed by atoms with Gasteiger partial charge in [0.1, 0.15) is 6.23 Å². The first kappa shape index (κ1) is 9.42. The number of nitrogens with one attached hydrogen (secondary N) is 1. The summed E-state index contributed by atoms with van der Waals surface area (Å²) < 4.78 is 0. The van der Waals surface area contributed by atoms with E-state index in [1.165, 1.54) is 5.57 Å². The van der Waals surface area contributed by atoms with Crippen LogP contribution in [0.4, 0.5) is 0 Å². The average Bonchev–Trinajstić information content (AvgIpc) is 2.16. The average molecular weight is 168 g/mol. The van der Waals surface area contributed by atoms with Crippen LogP contribution in [0.5, 0.6) is 0 Å². The molecule has 0 aliphatic carbocycles. The van der Waals surface area contributed by atoms with E-state index >= 15 is 0 Å². The maximum atomic E-state index is 9.22. The van der Waals surface area contributed by atoms with Gasteiger partial charge in [-0.1, -0.05) is 5.57 Å². The van der Waals surface area contributed by atoms with E-state index in [2.05, 4.69) is 10.3 Å². The van der Waals surface area contributed by atoms with Crippen molar-refractivity contribution in [3.8, 4) is 0 Å². The number of nitrogens with zero attached hydrogens (tertiary/aromatic N) is 1. The molecule has 0 radical (unpaired) electrons. The molecular formula is C9H16N2O. The maximum Gasteiger partial charge on any atom is 0.104 e. The summed E-state index contributed by atoms with van der Waals surface area (Å²) in [5, 5.41) is 12.0. The van der Waals surface area contributed by atoms with Crippen LogP contribution in [-0.4, -0.2) is 31.1 Å². The molecule has 1 aliphatic rings. The van der Waals surface area contributed by atoms with Gasteiger partial charge in [-0.3, -0.25) is 10.3 Å². The predicted molar refractivity (Wildman–Crippen MR) is 50.4 cm³/mol. The molecule has 3 heteroatoms. The van der Waals surface area contributed by atoms with Crippen molar-refractivity contribution in [2.75, 3.05) is 13.6 Å². The fourth-order valence-electron chi connectivity index (χ4n) is 1.20. The first-order valence-corrected chi connectivity index (χ1v) is 4.36. The summed E-state index contributed by atoms with van der Waals surface area (Å²) in [4.78, 5) is 4.10. The molecule has 0 aromatic rings. The summed E-state index contributed by atoms with van der Waals surface area (Å²) >= 11 is 0. The van der Waals surface area contributed by atoms with Crippen LogP contribution in [0.3, 0.4) is 0 Å². The highest BCUT2D eigenvalue weighted by atomic mass is 16.3. The third-order valence-corrected chi connectivity index (χ3v) is 2.05. The summed E-state index contributed by atoms with van der Waals surface area (Å²) in [6, 6.07) is 0. The van der Waals surface area contributed by atoms with Crippen LogP contribution < -0.4 is 5.32 Å². The molecule has 1 atom stereocenters. The molecule has 0 spiro atoms. The van der Waals surface area contributed by atoms with E-state index in [9.17, 15) is 5.11 Å². The van der Waals surface area contributed by atoms with Crippen molar-refractivity contribution >= 4 is 6.21 Å². The Balaban J connectivity index is 2.22. The van der Waals surface area contributed by atoms with Gasteiger partial charge >= 0.3 is 0 Å². The number of rotatable bonds is 4. The second-order valence-electron chi connectivity index (χ2n) is 2.97. The van der Waals surface area contributed by atoms with Crippen molar-refractivity contribution in [3.63, 3.8) is 0 Å². The van der Waals surface area contributed by atoms with Crippen molar-refractivity contribution in [1.82, 2.24) is 5.32 Å². The van der Waals surface area contributed by atoms with Crippen LogP contribution >= 0.6 is 0 Å². The van der Waals surface area contributed by atoms with E-state index < -0.39 is 0 Å². The first-order valence-electron chi connectivity index (χ1n) is 4.36. The van der Waals surface area contributed by atoms with Crippen LogP contribution in [-0.2, 0) is 0 Å². The van der Waals surface area contributed by atoms with Crippen LogP contribution in [0.1, 0.15) is 19.3 Å². The normalized spacial score (nSPS) is 19.0. The molecule has 0 fully saturated rings. The van der Waals surface area contributed by atoms with E-state index in [0.717, 1.165) is 25.8 Å². The third-order valence-electron chi connectivity index (χ3n) is 2.05. The zero-order valence-corrected chi connectivity index (χ0v) is 7.45. The molecule has 0 amide bonds. The number of dihydropyridines is 1. The molecule has 0 bridgehead atoms. The van der Waals surface area contributed by atoms with Crippen molar-refractivity contribution in [2.24, 2.45) is 4.99 Å². The number of hydrogen-bond acceptors (Lipinski definition) is 3. The van der Waals surface area contributed by atoms with Crippen molar-refractivity contribution in [2.45, 2.75) is 25.5 Å². The lowest BCUT2D eigenvalue weighted by atomic mass is 10.0. The zero-order chi connectivity index (χ0) is 8.81. The van der Waals surface area contributed by atoms with Gasteiger partial charge in [0.05, 0.1) is 0 Å². The van der Waals surface area contributed by atoms with Crippen LogP contribution in [0.2, 0.25) is 0 Å². The molecule has 1 aliphatic heterocycles. The minimum absolute atomic E-state index is 0.371. The number of aliphatic hydroxyl groups is 1. The van der Waals surface area contributed by atoms with Crippen molar-refractivity contribution < 1.29 is 5.11 Å². The lowest BCUT2D eigenvalue weighted by molar-refractivity contribution is 0.137. The van der Waals surface area contributed by atoms with Crippen molar-refractivity contribution in [1.29, 1.82) is 0 Å². The SMILES string of the molecule is CNC(O)CCC1=CC=NCC1. The maximum absolute atomic E-state index is 9.22. The third kappa shape index (κ3) is 3.15. The lowest BCUT2D eigenvalue weighted by Crippen LogP contribution is -2.24. The quantitative estimate of drug-likeness (QED) is 0.607. The first-order chi connectivity index (χ1) is 5.83. The van der Waals surface area contributed by atoms with Gasteiger partial charge in [-0.25, -0.2) is 0 Å². The van der Waals surface area contributed by atoms with E-state index in [1.54, 1.807) is 7.05 Å². The minimum atomic E-state index is -0.371. The topological polar surface area (TPSA) is 44.6 Å². The van der Waals surface area contributed by atoms with Crippen LogP contribution in [0, 0.1) is 0 Å². The highest BCUT2D eigenvalue weighted by molar-refractivity contribution is 5.73. The van der Waals surface area contributed by atoms with Gasteiger partial charge in [0, 0.05) is 12.8 Å². The summed E-state index contributed by atoms with van der Waals surface area (Å²) in [6.45, 7) is 0.904. The molecule has 12 heavy (non-hydrogen) atoms. The van der Waals surface area contributed by atoms with E-state index in [1.807, 2.05) is 12.3 Å². The molecule has 3 nitrogen and oxygen atoms in total. The second-order valence-corrected chi connectivity index (χ2v) is 2.97. The van der Waals surface area contributed by atoms with Gasteiger partial charge in [-0.2, -0.15) is 0 Å². The van der Waals surface area contributed by atoms with E-state index in [-0.39, 0.29) is 6.23 Å². The Labute approximate surface area is 73.2 Å². The number of allylic oxidation sites excluding steroid dienone is 1. The summed E-state index contributed by atoms with van der Waals surface area (Å²) in [6.07, 6.45) is 6.33. The largest absolute Gasteiger partial charge is 0.379 e. The Morgan fingerprint density at radius 2 is 2.58 bits per heavy atom. The second kappa shape index (κ2) is 5.06. The van der Waals surface area contributed by atoms with Gasteiger partial charge in [0.15, 0.2) is 0 Å². The summed E-state index contributed by atoms with van der Waals surface area (Å²) in [7, 11) is 1.77. The summed E-state index contributed by atoms with van der Waals surface area (Å²) in [5.74, 6) is 0. The van der Waals surface area contributed by atoms with Gasteiger partial charge in [0.2, 0.25) is 0 Å². The number of hydrogen-bond donors (Lipinski definition) is 2. The van der Waals surface area contributed by atoms with Gasteiger partial charge < -0.3 is 5.11 Å². The number of aliphatic hydroxyl groups excluding tert-OH is 1. The Bertz CT molecular complexity index is 187. The standard InChI is InChI=1S/C9H16N2O/c1-10-9(12)3-2-8-4-6-11-7-5-8/h4,6,9-10,12H,2-3,5,7H2,1H3. The highest BCUT2D eigenvalue weighted by Crippen LogP contribution is 2.12. The molecule has 1 rings (SSSR count). The molecule has 2 N–H and O–H groups in total.